The van der Waals surface area contributed by atoms with Crippen LogP contribution in [-0.4, -0.2) is 67.8 Å². The molecule has 1 aliphatic rings. The fourth-order valence-electron chi connectivity index (χ4n) is 2.90. The van der Waals surface area contributed by atoms with E-state index in [0.29, 0.717) is 17.8 Å². The van der Waals surface area contributed by atoms with Crippen molar-refractivity contribution in [1.82, 2.24) is 15.1 Å². The van der Waals surface area contributed by atoms with Crippen molar-refractivity contribution in [3.05, 3.63) is 29.8 Å². The van der Waals surface area contributed by atoms with Crippen molar-refractivity contribution in [3.8, 4) is 5.75 Å². The summed E-state index contributed by atoms with van der Waals surface area (Å²) < 4.78 is 0. The molecule has 0 aliphatic carbocycles. The van der Waals surface area contributed by atoms with Gasteiger partial charge in [0.15, 0.2) is 0 Å². The van der Waals surface area contributed by atoms with Gasteiger partial charge in [-0.15, -0.1) is 0 Å². The Morgan fingerprint density at radius 3 is 2.60 bits per heavy atom. The Morgan fingerprint density at radius 2 is 1.95 bits per heavy atom. The van der Waals surface area contributed by atoms with Gasteiger partial charge in [0.25, 0.3) is 0 Å². The summed E-state index contributed by atoms with van der Waals surface area (Å²) in [4.78, 5) is 4.89. The van der Waals surface area contributed by atoms with E-state index in [0.717, 1.165) is 32.5 Å². The zero-order chi connectivity index (χ0) is 14.5. The highest BCUT2D eigenvalue weighted by molar-refractivity contribution is 5.26. The number of likely N-dealkylation sites (N-methyl/N-ethyl adjacent to an activating group) is 3. The molecule has 2 atom stereocenters. The van der Waals surface area contributed by atoms with Crippen LogP contribution < -0.4 is 5.32 Å². The van der Waals surface area contributed by atoms with Crippen molar-refractivity contribution in [2.45, 2.75) is 24.9 Å². The molecule has 1 aromatic rings. The van der Waals surface area contributed by atoms with Crippen LogP contribution in [-0.2, 0) is 6.42 Å². The van der Waals surface area contributed by atoms with Gasteiger partial charge in [0.05, 0.1) is 0 Å². The van der Waals surface area contributed by atoms with Crippen LogP contribution in [0, 0.1) is 0 Å². The number of benzene rings is 1. The molecule has 1 aromatic carbocycles. The third-order valence-electron chi connectivity index (χ3n) is 4.36. The van der Waals surface area contributed by atoms with E-state index in [9.17, 15) is 5.11 Å². The SMILES string of the molecule is CNC(Cc1ccc(O)cc1)CC1CN(C)CCN1C. The van der Waals surface area contributed by atoms with Gasteiger partial charge in [0, 0.05) is 31.7 Å². The molecule has 0 saturated carbocycles. The predicted octanol–water partition coefficient (Wildman–Crippen LogP) is 1.16. The number of phenolic OH excluding ortho intramolecular Hbond substituents is 1. The van der Waals surface area contributed by atoms with Crippen molar-refractivity contribution in [1.29, 1.82) is 0 Å². The van der Waals surface area contributed by atoms with Gasteiger partial charge in [-0.25, -0.2) is 0 Å². The molecular formula is C16H27N3O. The molecule has 2 unspecified atom stereocenters. The van der Waals surface area contributed by atoms with Gasteiger partial charge >= 0.3 is 0 Å². The highest BCUT2D eigenvalue weighted by Gasteiger charge is 2.24. The van der Waals surface area contributed by atoms with E-state index < -0.39 is 0 Å². The number of rotatable bonds is 5. The quantitative estimate of drug-likeness (QED) is 0.847. The molecule has 4 heteroatoms. The zero-order valence-corrected chi connectivity index (χ0v) is 12.8. The van der Waals surface area contributed by atoms with E-state index in [-0.39, 0.29) is 0 Å². The average Bonchev–Trinajstić information content (AvgIpc) is 2.44. The number of nitrogens with one attached hydrogen (secondary N) is 1. The Bertz CT molecular complexity index is 407. The zero-order valence-electron chi connectivity index (χ0n) is 12.8. The molecule has 0 bridgehead atoms. The van der Waals surface area contributed by atoms with Crippen molar-refractivity contribution >= 4 is 0 Å². The molecule has 2 rings (SSSR count). The molecule has 20 heavy (non-hydrogen) atoms. The lowest BCUT2D eigenvalue weighted by molar-refractivity contribution is 0.102. The first-order chi connectivity index (χ1) is 9.58. The second-order valence-electron chi connectivity index (χ2n) is 5.99. The summed E-state index contributed by atoms with van der Waals surface area (Å²) in [5, 5.41) is 12.8. The van der Waals surface area contributed by atoms with Gasteiger partial charge in [-0.1, -0.05) is 12.1 Å². The minimum Gasteiger partial charge on any atom is -0.508 e. The molecule has 0 radical (unpaired) electrons. The fourth-order valence-corrected chi connectivity index (χ4v) is 2.90. The number of hydrogen-bond donors (Lipinski definition) is 2. The highest BCUT2D eigenvalue weighted by atomic mass is 16.3. The van der Waals surface area contributed by atoms with Crippen LogP contribution in [0.3, 0.4) is 0 Å². The maximum atomic E-state index is 9.35. The Kier molecular flexibility index (Phi) is 5.40. The molecule has 112 valence electrons. The molecule has 1 heterocycles. The molecular weight excluding hydrogens is 250 g/mol. The Morgan fingerprint density at radius 1 is 1.25 bits per heavy atom. The van der Waals surface area contributed by atoms with Gasteiger partial charge in [0.1, 0.15) is 5.75 Å². The molecule has 1 saturated heterocycles. The fraction of sp³-hybridized carbons (Fsp3) is 0.625. The second-order valence-corrected chi connectivity index (χ2v) is 5.99. The van der Waals surface area contributed by atoms with Crippen molar-refractivity contribution in [2.24, 2.45) is 0 Å². The molecule has 1 aliphatic heterocycles. The van der Waals surface area contributed by atoms with E-state index >= 15 is 0 Å². The number of piperazine rings is 1. The molecule has 0 spiro atoms. The third-order valence-corrected chi connectivity index (χ3v) is 4.36. The summed E-state index contributed by atoms with van der Waals surface area (Å²) in [6, 6.07) is 8.64. The monoisotopic (exact) mass is 277 g/mol. The van der Waals surface area contributed by atoms with Crippen LogP contribution in [0.5, 0.6) is 5.75 Å². The van der Waals surface area contributed by atoms with Crippen LogP contribution in [0.25, 0.3) is 0 Å². The summed E-state index contributed by atoms with van der Waals surface area (Å²) in [5.41, 5.74) is 1.27. The normalized spacial score (nSPS) is 22.9. The second kappa shape index (κ2) is 7.07. The van der Waals surface area contributed by atoms with E-state index in [2.05, 4.69) is 29.2 Å². The standard InChI is InChI=1S/C16H27N3O/c1-17-14(10-13-4-6-16(20)7-5-13)11-15-12-18(2)8-9-19(15)3/h4-7,14-15,17,20H,8-12H2,1-3H3. The van der Waals surface area contributed by atoms with Crippen LogP contribution in [0.2, 0.25) is 0 Å². The van der Waals surface area contributed by atoms with Crippen molar-refractivity contribution in [2.75, 3.05) is 40.8 Å². The van der Waals surface area contributed by atoms with Crippen molar-refractivity contribution < 1.29 is 5.11 Å². The largest absolute Gasteiger partial charge is 0.508 e. The first kappa shape index (κ1) is 15.3. The van der Waals surface area contributed by atoms with E-state index in [1.54, 1.807) is 12.1 Å². The summed E-state index contributed by atoms with van der Waals surface area (Å²) in [5.74, 6) is 0.336. The molecule has 4 nitrogen and oxygen atoms in total. The number of aromatic hydroxyl groups is 1. The minimum atomic E-state index is 0.336. The first-order valence-electron chi connectivity index (χ1n) is 7.42. The lowest BCUT2D eigenvalue weighted by Gasteiger charge is -2.39. The van der Waals surface area contributed by atoms with E-state index in [4.69, 9.17) is 0 Å². The maximum Gasteiger partial charge on any atom is 0.115 e. The Balaban J connectivity index is 1.92. The van der Waals surface area contributed by atoms with Gasteiger partial charge in [-0.2, -0.15) is 0 Å². The Labute approximate surface area is 122 Å². The third kappa shape index (κ3) is 4.20. The van der Waals surface area contributed by atoms with Gasteiger partial charge in [-0.05, 0) is 51.7 Å². The molecule has 2 N–H and O–H groups in total. The summed E-state index contributed by atoms with van der Waals surface area (Å²) in [6.45, 7) is 3.45. The predicted molar refractivity (Wildman–Crippen MR) is 83.2 cm³/mol. The average molecular weight is 277 g/mol. The smallest absolute Gasteiger partial charge is 0.115 e. The van der Waals surface area contributed by atoms with E-state index in [1.165, 1.54) is 5.56 Å². The van der Waals surface area contributed by atoms with Crippen LogP contribution in [0.15, 0.2) is 24.3 Å². The van der Waals surface area contributed by atoms with E-state index in [1.807, 2.05) is 19.2 Å². The first-order valence-corrected chi connectivity index (χ1v) is 7.42. The Hall–Kier alpha value is -1.10. The molecule has 0 amide bonds. The summed E-state index contributed by atoms with van der Waals surface area (Å²) >= 11 is 0. The lowest BCUT2D eigenvalue weighted by atomic mass is 9.97. The number of nitrogens with zero attached hydrogens (tertiary/aromatic N) is 2. The maximum absolute atomic E-state index is 9.35. The van der Waals surface area contributed by atoms with Gasteiger partial charge in [0.2, 0.25) is 0 Å². The molecule has 0 aromatic heterocycles. The topological polar surface area (TPSA) is 38.7 Å². The summed E-state index contributed by atoms with van der Waals surface area (Å²) in [7, 11) is 6.47. The number of hydrogen-bond acceptors (Lipinski definition) is 4. The van der Waals surface area contributed by atoms with Crippen LogP contribution in [0.4, 0.5) is 0 Å². The van der Waals surface area contributed by atoms with Gasteiger partial charge in [-0.3, -0.25) is 0 Å². The number of phenols is 1. The van der Waals surface area contributed by atoms with Crippen LogP contribution in [0.1, 0.15) is 12.0 Å². The van der Waals surface area contributed by atoms with Crippen LogP contribution >= 0.6 is 0 Å². The summed E-state index contributed by atoms with van der Waals surface area (Å²) in [6.07, 6.45) is 2.16. The minimum absolute atomic E-state index is 0.336. The van der Waals surface area contributed by atoms with Crippen molar-refractivity contribution in [3.63, 3.8) is 0 Å². The highest BCUT2D eigenvalue weighted by Crippen LogP contribution is 2.16. The molecule has 1 fully saturated rings. The lowest BCUT2D eigenvalue weighted by Crippen LogP contribution is -2.52. The van der Waals surface area contributed by atoms with Gasteiger partial charge < -0.3 is 20.2 Å².